The van der Waals surface area contributed by atoms with Crippen molar-refractivity contribution in [3.05, 3.63) is 18.2 Å². The first-order valence-corrected chi connectivity index (χ1v) is 8.90. The number of nitrogens with two attached hydrogens (primary N) is 1. The van der Waals surface area contributed by atoms with Crippen LogP contribution in [0.4, 0.5) is 5.69 Å². The Bertz CT molecular complexity index is 587. The largest absolute Gasteiger partial charge is 0.495 e. The van der Waals surface area contributed by atoms with Gasteiger partial charge in [0.25, 0.3) is 0 Å². The van der Waals surface area contributed by atoms with E-state index < -0.39 is 10.0 Å². The highest BCUT2D eigenvalue weighted by Gasteiger charge is 2.27. The molecule has 0 spiro atoms. The summed E-state index contributed by atoms with van der Waals surface area (Å²) in [6.07, 6.45) is 5.17. The lowest BCUT2D eigenvalue weighted by Crippen LogP contribution is -2.38. The zero-order valence-corrected chi connectivity index (χ0v) is 13.4. The molecule has 3 N–H and O–H groups in total. The fraction of sp³-hybridized carbons (Fsp3) is 0.600. The summed E-state index contributed by atoms with van der Waals surface area (Å²) in [5.41, 5.74) is 6.15. The maximum atomic E-state index is 12.6. The molecule has 0 aromatic heterocycles. The van der Waals surface area contributed by atoms with E-state index in [-0.39, 0.29) is 16.7 Å². The van der Waals surface area contributed by atoms with Gasteiger partial charge in [-0.05, 0) is 30.9 Å². The summed E-state index contributed by atoms with van der Waals surface area (Å²) in [6.45, 7) is 2.16. The van der Waals surface area contributed by atoms with Crippen LogP contribution < -0.4 is 15.2 Å². The standard InChI is InChI=1S/C15H24N2O3S/c1-3-11-5-4-6-13(9-11)17-21(18,19)15-8-7-12(16)10-14(15)20-2/h7-8,10-11,13,17H,3-6,9,16H2,1-2H3. The highest BCUT2D eigenvalue weighted by molar-refractivity contribution is 7.89. The quantitative estimate of drug-likeness (QED) is 0.819. The minimum Gasteiger partial charge on any atom is -0.495 e. The lowest BCUT2D eigenvalue weighted by Gasteiger charge is -2.29. The van der Waals surface area contributed by atoms with Crippen LogP contribution in [0.2, 0.25) is 0 Å². The number of sulfonamides is 1. The lowest BCUT2D eigenvalue weighted by atomic mass is 9.85. The van der Waals surface area contributed by atoms with Crippen LogP contribution in [0.15, 0.2) is 23.1 Å². The third-order valence-electron chi connectivity index (χ3n) is 4.16. The van der Waals surface area contributed by atoms with E-state index in [1.54, 1.807) is 6.07 Å². The van der Waals surface area contributed by atoms with E-state index in [4.69, 9.17) is 10.5 Å². The van der Waals surface area contributed by atoms with Crippen LogP contribution >= 0.6 is 0 Å². The molecule has 1 aromatic rings. The highest BCUT2D eigenvalue weighted by Crippen LogP contribution is 2.30. The van der Waals surface area contributed by atoms with E-state index in [9.17, 15) is 8.42 Å². The molecule has 0 bridgehead atoms. The van der Waals surface area contributed by atoms with Crippen LogP contribution in [0.3, 0.4) is 0 Å². The molecule has 5 nitrogen and oxygen atoms in total. The Labute approximate surface area is 126 Å². The van der Waals surface area contributed by atoms with Gasteiger partial charge in [0.05, 0.1) is 7.11 Å². The molecule has 0 amide bonds. The van der Waals surface area contributed by atoms with Crippen LogP contribution in [0.25, 0.3) is 0 Å². The number of benzene rings is 1. The second-order valence-corrected chi connectivity index (χ2v) is 7.35. The maximum Gasteiger partial charge on any atom is 0.244 e. The van der Waals surface area contributed by atoms with Gasteiger partial charge in [-0.2, -0.15) is 0 Å². The number of nitrogen functional groups attached to an aromatic ring is 1. The van der Waals surface area contributed by atoms with Crippen LogP contribution in [-0.2, 0) is 10.0 Å². The summed E-state index contributed by atoms with van der Waals surface area (Å²) >= 11 is 0. The van der Waals surface area contributed by atoms with Crippen LogP contribution in [-0.4, -0.2) is 21.6 Å². The number of hydrogen-bond donors (Lipinski definition) is 2. The lowest BCUT2D eigenvalue weighted by molar-refractivity contribution is 0.301. The van der Waals surface area contributed by atoms with Crippen LogP contribution in [0.5, 0.6) is 5.75 Å². The number of anilines is 1. The van der Waals surface area contributed by atoms with E-state index >= 15 is 0 Å². The molecule has 1 aromatic carbocycles. The molecular formula is C15H24N2O3S. The summed E-state index contributed by atoms with van der Waals surface area (Å²) in [4.78, 5) is 0.151. The average Bonchev–Trinajstić information content (AvgIpc) is 2.46. The second-order valence-electron chi connectivity index (χ2n) is 5.67. The average molecular weight is 312 g/mol. The van der Waals surface area contributed by atoms with Crippen molar-refractivity contribution in [1.82, 2.24) is 4.72 Å². The molecule has 21 heavy (non-hydrogen) atoms. The van der Waals surface area contributed by atoms with Gasteiger partial charge in [0.15, 0.2) is 0 Å². The molecule has 118 valence electrons. The first-order chi connectivity index (χ1) is 9.96. The summed E-state index contributed by atoms with van der Waals surface area (Å²) < 4.78 is 33.1. The van der Waals surface area contributed by atoms with Gasteiger partial charge in [0.1, 0.15) is 10.6 Å². The summed E-state index contributed by atoms with van der Waals surface area (Å²) in [5, 5.41) is 0. The van der Waals surface area contributed by atoms with E-state index in [1.165, 1.54) is 25.7 Å². The Hall–Kier alpha value is -1.27. The van der Waals surface area contributed by atoms with E-state index in [1.807, 2.05) is 0 Å². The predicted octanol–water partition coefficient (Wildman–Crippen LogP) is 2.52. The Morgan fingerprint density at radius 1 is 1.38 bits per heavy atom. The van der Waals surface area contributed by atoms with Crippen molar-refractivity contribution < 1.29 is 13.2 Å². The third-order valence-corrected chi connectivity index (χ3v) is 5.72. The molecule has 0 heterocycles. The van der Waals surface area contributed by atoms with Crippen molar-refractivity contribution >= 4 is 15.7 Å². The molecule has 1 aliphatic carbocycles. The van der Waals surface area contributed by atoms with Crippen molar-refractivity contribution in [2.75, 3.05) is 12.8 Å². The number of methoxy groups -OCH3 is 1. The molecular weight excluding hydrogens is 288 g/mol. The van der Waals surface area contributed by atoms with Gasteiger partial charge in [-0.15, -0.1) is 0 Å². The Morgan fingerprint density at radius 3 is 2.81 bits per heavy atom. The molecule has 2 atom stereocenters. The van der Waals surface area contributed by atoms with Gasteiger partial charge in [-0.1, -0.05) is 26.2 Å². The van der Waals surface area contributed by atoms with Gasteiger partial charge in [-0.3, -0.25) is 0 Å². The van der Waals surface area contributed by atoms with Crippen LogP contribution in [0, 0.1) is 5.92 Å². The number of nitrogens with one attached hydrogen (secondary N) is 1. The van der Waals surface area contributed by atoms with Crippen molar-refractivity contribution in [2.45, 2.75) is 50.0 Å². The highest BCUT2D eigenvalue weighted by atomic mass is 32.2. The first-order valence-electron chi connectivity index (χ1n) is 7.42. The van der Waals surface area contributed by atoms with Crippen molar-refractivity contribution in [3.63, 3.8) is 0 Å². The molecule has 0 radical (unpaired) electrons. The number of rotatable bonds is 5. The van der Waals surface area contributed by atoms with Crippen molar-refractivity contribution in [3.8, 4) is 5.75 Å². The fourth-order valence-corrected chi connectivity index (χ4v) is 4.39. The van der Waals surface area contributed by atoms with Gasteiger partial charge >= 0.3 is 0 Å². The number of hydrogen-bond acceptors (Lipinski definition) is 4. The van der Waals surface area contributed by atoms with Gasteiger partial charge in [0.2, 0.25) is 10.0 Å². The summed E-state index contributed by atoms with van der Waals surface area (Å²) in [7, 11) is -2.14. The topological polar surface area (TPSA) is 81.4 Å². The Kier molecular flexibility index (Phi) is 5.11. The van der Waals surface area contributed by atoms with E-state index in [0.29, 0.717) is 11.6 Å². The molecule has 0 saturated heterocycles. The van der Waals surface area contributed by atoms with Gasteiger partial charge in [0, 0.05) is 17.8 Å². The van der Waals surface area contributed by atoms with E-state index in [0.717, 1.165) is 25.7 Å². The SMILES string of the molecule is CCC1CCCC(NS(=O)(=O)c2ccc(N)cc2OC)C1. The number of ether oxygens (including phenoxy) is 1. The third kappa shape index (κ3) is 3.89. The molecule has 1 fully saturated rings. The van der Waals surface area contributed by atoms with Gasteiger partial charge < -0.3 is 10.5 Å². The normalized spacial score (nSPS) is 23.0. The molecule has 1 aliphatic rings. The minimum atomic E-state index is -3.58. The molecule has 1 saturated carbocycles. The fourth-order valence-electron chi connectivity index (χ4n) is 2.96. The molecule has 2 unspecified atom stereocenters. The predicted molar refractivity (Wildman–Crippen MR) is 83.8 cm³/mol. The van der Waals surface area contributed by atoms with Crippen molar-refractivity contribution in [2.24, 2.45) is 5.92 Å². The van der Waals surface area contributed by atoms with Crippen molar-refractivity contribution in [1.29, 1.82) is 0 Å². The first kappa shape index (κ1) is 16.1. The van der Waals surface area contributed by atoms with Crippen LogP contribution in [0.1, 0.15) is 39.0 Å². The summed E-state index contributed by atoms with van der Waals surface area (Å²) in [6, 6.07) is 4.62. The monoisotopic (exact) mass is 312 g/mol. The second kappa shape index (κ2) is 6.66. The van der Waals surface area contributed by atoms with Gasteiger partial charge in [-0.25, -0.2) is 13.1 Å². The Balaban J connectivity index is 2.18. The van der Waals surface area contributed by atoms with E-state index in [2.05, 4.69) is 11.6 Å². The zero-order chi connectivity index (χ0) is 15.5. The Morgan fingerprint density at radius 2 is 2.14 bits per heavy atom. The molecule has 2 rings (SSSR count). The smallest absolute Gasteiger partial charge is 0.244 e. The zero-order valence-electron chi connectivity index (χ0n) is 12.6. The summed E-state index contributed by atoms with van der Waals surface area (Å²) in [5.74, 6) is 0.894. The molecule has 0 aliphatic heterocycles. The minimum absolute atomic E-state index is 0.0101. The maximum absolute atomic E-state index is 12.6. The molecule has 6 heteroatoms.